The maximum atomic E-state index is 11.6. The molecule has 1 aromatic heterocycles. The lowest BCUT2D eigenvalue weighted by molar-refractivity contribution is 0.495. The minimum atomic E-state index is -2.95. The number of aromatic nitrogens is 2. The Hall–Kier alpha value is -1.21. The number of rotatable bonds is 1. The van der Waals surface area contributed by atoms with Crippen LogP contribution in [-0.2, 0) is 22.0 Å². The summed E-state index contributed by atoms with van der Waals surface area (Å²) in [5.74, 6) is 0.986. The molecule has 0 aromatic carbocycles. The molecule has 3 heterocycles. The number of aryl methyl sites for hydroxylation is 1. The molecular formula is C12H18N4O2S. The van der Waals surface area contributed by atoms with Crippen molar-refractivity contribution in [3.05, 3.63) is 17.5 Å². The predicted octanol–water partition coefficient (Wildman–Crippen LogP) is -0.125. The molecule has 0 atom stereocenters. The second kappa shape index (κ2) is 4.72. The van der Waals surface area contributed by atoms with E-state index in [-0.39, 0.29) is 17.5 Å². The minimum absolute atomic E-state index is 0.0769. The highest BCUT2D eigenvalue weighted by Crippen LogP contribution is 2.22. The fourth-order valence-electron chi connectivity index (χ4n) is 2.58. The van der Waals surface area contributed by atoms with Crippen molar-refractivity contribution >= 4 is 15.8 Å². The maximum absolute atomic E-state index is 11.6. The first-order valence-corrected chi connectivity index (χ1v) is 8.41. The molecule has 2 N–H and O–H groups in total. The van der Waals surface area contributed by atoms with E-state index >= 15 is 0 Å². The number of nitrogens with zero attached hydrogens (tertiary/aromatic N) is 3. The summed E-state index contributed by atoms with van der Waals surface area (Å²) in [6.45, 7) is 1.75. The van der Waals surface area contributed by atoms with Gasteiger partial charge in [0.15, 0.2) is 9.84 Å². The molecule has 0 unspecified atom stereocenters. The Balaban J connectivity index is 1.82. The number of sulfone groups is 1. The van der Waals surface area contributed by atoms with Gasteiger partial charge in [-0.05, 0) is 12.8 Å². The zero-order valence-corrected chi connectivity index (χ0v) is 11.6. The number of hydrogen-bond acceptors (Lipinski definition) is 6. The third-order valence-corrected chi connectivity index (χ3v) is 5.37. The normalized spacial score (nSPS) is 23.1. The van der Waals surface area contributed by atoms with E-state index in [1.54, 1.807) is 6.20 Å². The lowest BCUT2D eigenvalue weighted by Crippen LogP contribution is -2.40. The molecule has 2 aliphatic rings. The minimum Gasteiger partial charge on any atom is -0.341 e. The van der Waals surface area contributed by atoms with Gasteiger partial charge < -0.3 is 10.6 Å². The lowest BCUT2D eigenvalue weighted by Gasteiger charge is -2.30. The molecule has 0 saturated carbocycles. The second-order valence-corrected chi connectivity index (χ2v) is 7.49. The Morgan fingerprint density at radius 2 is 2.05 bits per heavy atom. The van der Waals surface area contributed by atoms with Crippen LogP contribution in [-0.4, -0.2) is 43.3 Å². The van der Waals surface area contributed by atoms with Crippen molar-refractivity contribution in [2.75, 3.05) is 23.7 Å². The van der Waals surface area contributed by atoms with Crippen LogP contribution in [0.15, 0.2) is 6.20 Å². The van der Waals surface area contributed by atoms with E-state index in [0.717, 1.165) is 37.2 Å². The molecule has 7 heteroatoms. The average molecular weight is 282 g/mol. The molecular weight excluding hydrogens is 264 g/mol. The van der Waals surface area contributed by atoms with Gasteiger partial charge in [-0.2, -0.15) is 0 Å². The van der Waals surface area contributed by atoms with Gasteiger partial charge in [0, 0.05) is 37.3 Å². The Morgan fingerprint density at radius 1 is 1.32 bits per heavy atom. The van der Waals surface area contributed by atoms with Crippen molar-refractivity contribution < 1.29 is 8.42 Å². The van der Waals surface area contributed by atoms with E-state index in [4.69, 9.17) is 5.73 Å². The fraction of sp³-hybridized carbons (Fsp3) is 0.667. The van der Waals surface area contributed by atoms with E-state index in [1.165, 1.54) is 0 Å². The van der Waals surface area contributed by atoms with Gasteiger partial charge in [-0.3, -0.25) is 0 Å². The largest absolute Gasteiger partial charge is 0.341 e. The Bertz CT molecular complexity index is 579. The molecule has 1 saturated heterocycles. The van der Waals surface area contributed by atoms with E-state index in [1.807, 2.05) is 0 Å². The summed E-state index contributed by atoms with van der Waals surface area (Å²) in [6.07, 6.45) is 4.08. The van der Waals surface area contributed by atoms with Gasteiger partial charge in [0.1, 0.15) is 0 Å². The molecule has 104 valence electrons. The molecule has 0 bridgehead atoms. The zero-order valence-electron chi connectivity index (χ0n) is 10.7. The van der Waals surface area contributed by atoms with Crippen LogP contribution in [0.25, 0.3) is 0 Å². The molecule has 0 spiro atoms. The van der Waals surface area contributed by atoms with Gasteiger partial charge in [-0.1, -0.05) is 0 Å². The SMILES string of the molecule is NC1CCN(c2ncc3c(n2)CCS(=O)(=O)C3)CC1. The average Bonchev–Trinajstić information content (AvgIpc) is 2.38. The standard InChI is InChI=1S/C12H18N4O2S/c13-10-1-4-16(5-2-10)12-14-7-9-8-19(17,18)6-3-11(9)15-12/h7,10H,1-6,8,13H2. The highest BCUT2D eigenvalue weighted by Gasteiger charge is 2.25. The Kier molecular flexibility index (Phi) is 3.18. The van der Waals surface area contributed by atoms with Gasteiger partial charge in [0.25, 0.3) is 0 Å². The van der Waals surface area contributed by atoms with Crippen LogP contribution in [0.2, 0.25) is 0 Å². The smallest absolute Gasteiger partial charge is 0.225 e. The number of anilines is 1. The Morgan fingerprint density at radius 3 is 2.79 bits per heavy atom. The third kappa shape index (κ3) is 2.71. The van der Waals surface area contributed by atoms with Crippen molar-refractivity contribution in [1.82, 2.24) is 9.97 Å². The van der Waals surface area contributed by atoms with Crippen molar-refractivity contribution in [2.24, 2.45) is 5.73 Å². The quantitative estimate of drug-likeness (QED) is 0.772. The lowest BCUT2D eigenvalue weighted by atomic mass is 10.1. The van der Waals surface area contributed by atoms with Crippen LogP contribution in [0, 0.1) is 0 Å². The van der Waals surface area contributed by atoms with Crippen molar-refractivity contribution in [1.29, 1.82) is 0 Å². The third-order valence-electron chi connectivity index (χ3n) is 3.79. The summed E-state index contributed by atoms with van der Waals surface area (Å²) < 4.78 is 23.1. The highest BCUT2D eigenvalue weighted by atomic mass is 32.2. The van der Waals surface area contributed by atoms with Crippen molar-refractivity contribution in [3.8, 4) is 0 Å². The second-order valence-electron chi connectivity index (χ2n) is 5.31. The number of nitrogens with two attached hydrogens (primary N) is 1. The van der Waals surface area contributed by atoms with E-state index in [0.29, 0.717) is 12.4 Å². The van der Waals surface area contributed by atoms with Gasteiger partial charge in [-0.15, -0.1) is 0 Å². The topological polar surface area (TPSA) is 89.2 Å². The summed E-state index contributed by atoms with van der Waals surface area (Å²) in [4.78, 5) is 11.0. The molecule has 6 nitrogen and oxygen atoms in total. The summed E-state index contributed by atoms with van der Waals surface area (Å²) in [5.41, 5.74) is 7.52. The van der Waals surface area contributed by atoms with Gasteiger partial charge in [0.2, 0.25) is 5.95 Å². The van der Waals surface area contributed by atoms with Crippen LogP contribution in [0.1, 0.15) is 24.1 Å². The van der Waals surface area contributed by atoms with Gasteiger partial charge in [0.05, 0.1) is 17.2 Å². The number of fused-ring (bicyclic) bond motifs is 1. The Labute approximate surface area is 113 Å². The number of hydrogen-bond donors (Lipinski definition) is 1. The number of piperidine rings is 1. The van der Waals surface area contributed by atoms with E-state index in [9.17, 15) is 8.42 Å². The van der Waals surface area contributed by atoms with Crippen LogP contribution in [0.4, 0.5) is 5.95 Å². The van der Waals surface area contributed by atoms with Crippen molar-refractivity contribution in [3.63, 3.8) is 0 Å². The molecule has 1 fully saturated rings. The zero-order chi connectivity index (χ0) is 13.5. The van der Waals surface area contributed by atoms with E-state index in [2.05, 4.69) is 14.9 Å². The molecule has 2 aliphatic heterocycles. The summed E-state index contributed by atoms with van der Waals surface area (Å²) >= 11 is 0. The first-order chi connectivity index (χ1) is 9.03. The van der Waals surface area contributed by atoms with Gasteiger partial charge in [-0.25, -0.2) is 18.4 Å². The van der Waals surface area contributed by atoms with Crippen LogP contribution in [0.3, 0.4) is 0 Å². The first kappa shape index (κ1) is 12.8. The summed E-state index contributed by atoms with van der Waals surface area (Å²) in [6, 6.07) is 0.277. The molecule has 1 aromatic rings. The molecule has 0 amide bonds. The molecule has 0 aliphatic carbocycles. The van der Waals surface area contributed by atoms with Crippen LogP contribution >= 0.6 is 0 Å². The fourth-order valence-corrected chi connectivity index (χ4v) is 3.95. The predicted molar refractivity (Wildman–Crippen MR) is 72.6 cm³/mol. The van der Waals surface area contributed by atoms with Crippen molar-refractivity contribution in [2.45, 2.75) is 31.1 Å². The van der Waals surface area contributed by atoms with Crippen LogP contribution < -0.4 is 10.6 Å². The molecule has 0 radical (unpaired) electrons. The first-order valence-electron chi connectivity index (χ1n) is 6.59. The monoisotopic (exact) mass is 282 g/mol. The highest BCUT2D eigenvalue weighted by molar-refractivity contribution is 7.90. The van der Waals surface area contributed by atoms with Crippen LogP contribution in [0.5, 0.6) is 0 Å². The summed E-state index contributed by atoms with van der Waals surface area (Å²) in [5, 5.41) is 0. The van der Waals surface area contributed by atoms with E-state index < -0.39 is 9.84 Å². The summed E-state index contributed by atoms with van der Waals surface area (Å²) in [7, 11) is -2.95. The molecule has 19 heavy (non-hydrogen) atoms. The van der Waals surface area contributed by atoms with Gasteiger partial charge >= 0.3 is 0 Å². The molecule has 3 rings (SSSR count). The maximum Gasteiger partial charge on any atom is 0.225 e.